The molecule has 4 amide bonds. The molecule has 0 spiro atoms. The molecule has 1 aromatic rings. The second-order valence-electron chi connectivity index (χ2n) is 9.85. The minimum atomic E-state index is -0.345. The lowest BCUT2D eigenvalue weighted by Crippen LogP contribution is -2.50. The zero-order valence-corrected chi connectivity index (χ0v) is 22.3. The van der Waals surface area contributed by atoms with Crippen molar-refractivity contribution in [3.63, 3.8) is 0 Å². The predicted octanol–water partition coefficient (Wildman–Crippen LogP) is 2.11. The molecular formula is C25H41N5O5. The van der Waals surface area contributed by atoms with Crippen LogP contribution in [-0.2, 0) is 9.53 Å². The maximum absolute atomic E-state index is 13.3. The lowest BCUT2D eigenvalue weighted by Gasteiger charge is -2.36. The van der Waals surface area contributed by atoms with E-state index in [9.17, 15) is 14.4 Å². The van der Waals surface area contributed by atoms with E-state index in [1.807, 2.05) is 51.6 Å². The smallest absolute Gasteiger partial charge is 0.319 e. The van der Waals surface area contributed by atoms with Crippen LogP contribution in [0.4, 0.5) is 10.5 Å². The summed E-state index contributed by atoms with van der Waals surface area (Å²) in [4.78, 5) is 43.8. The van der Waals surface area contributed by atoms with E-state index < -0.39 is 0 Å². The first-order chi connectivity index (χ1) is 16.4. The van der Waals surface area contributed by atoms with Crippen LogP contribution >= 0.6 is 0 Å². The highest BCUT2D eigenvalue weighted by Gasteiger charge is 2.30. The third-order valence-electron chi connectivity index (χ3n) is 5.90. The average Bonchev–Trinajstić information content (AvgIpc) is 2.76. The number of hydrogen-bond donors (Lipinski definition) is 2. The number of rotatable bonds is 5. The van der Waals surface area contributed by atoms with Gasteiger partial charge in [0.2, 0.25) is 5.91 Å². The van der Waals surface area contributed by atoms with Gasteiger partial charge in [-0.1, -0.05) is 6.92 Å². The molecule has 0 unspecified atom stereocenters. The van der Waals surface area contributed by atoms with Crippen LogP contribution in [0.25, 0.3) is 0 Å². The first kappa shape index (κ1) is 28.4. The van der Waals surface area contributed by atoms with Crippen molar-refractivity contribution in [2.24, 2.45) is 5.92 Å². The number of likely N-dealkylation sites (N-methyl/N-ethyl adjacent to an activating group) is 2. The number of carbonyl (C=O) groups excluding carboxylic acids is 3. The van der Waals surface area contributed by atoms with Crippen molar-refractivity contribution in [2.45, 2.75) is 45.9 Å². The van der Waals surface area contributed by atoms with Gasteiger partial charge in [-0.15, -0.1) is 0 Å². The fourth-order valence-electron chi connectivity index (χ4n) is 3.99. The number of nitrogens with one attached hydrogen (secondary N) is 2. The number of benzene rings is 1. The van der Waals surface area contributed by atoms with Gasteiger partial charge in [0, 0.05) is 51.0 Å². The summed E-state index contributed by atoms with van der Waals surface area (Å²) in [5.74, 6) is 0.129. The fraction of sp³-hybridized carbons (Fsp3) is 0.640. The van der Waals surface area contributed by atoms with Gasteiger partial charge >= 0.3 is 6.03 Å². The van der Waals surface area contributed by atoms with Gasteiger partial charge in [0.05, 0.1) is 24.3 Å². The summed E-state index contributed by atoms with van der Waals surface area (Å²) < 4.78 is 11.8. The average molecular weight is 492 g/mol. The van der Waals surface area contributed by atoms with E-state index in [-0.39, 0.29) is 55.1 Å². The van der Waals surface area contributed by atoms with Crippen molar-refractivity contribution in [3.8, 4) is 5.75 Å². The van der Waals surface area contributed by atoms with Gasteiger partial charge in [-0.3, -0.25) is 9.59 Å². The van der Waals surface area contributed by atoms with Gasteiger partial charge in [-0.05, 0) is 47.0 Å². The quantitative estimate of drug-likeness (QED) is 0.654. The number of hydrogen-bond acceptors (Lipinski definition) is 6. The molecule has 1 aromatic carbocycles. The summed E-state index contributed by atoms with van der Waals surface area (Å²) in [5.41, 5.74) is 0.879. The van der Waals surface area contributed by atoms with Gasteiger partial charge < -0.3 is 34.8 Å². The molecule has 0 aliphatic carbocycles. The van der Waals surface area contributed by atoms with E-state index >= 15 is 0 Å². The summed E-state index contributed by atoms with van der Waals surface area (Å²) in [6, 6.07) is 4.35. The number of methoxy groups -OCH3 is 1. The molecule has 10 nitrogen and oxygen atoms in total. The highest BCUT2D eigenvalue weighted by atomic mass is 16.5. The molecule has 2 N–H and O–H groups in total. The van der Waals surface area contributed by atoms with E-state index in [2.05, 4.69) is 10.6 Å². The van der Waals surface area contributed by atoms with E-state index in [4.69, 9.17) is 9.47 Å². The molecule has 0 radical (unpaired) electrons. The van der Waals surface area contributed by atoms with E-state index in [0.29, 0.717) is 30.1 Å². The standard InChI is InChI=1S/C25H41N5O5/c1-16(2)26-25(33)27-19-9-10-20-21(11-19)35-15-18(4)30(23(31)14-28(5)6)12-17(3)22(34-8)13-29(7)24(20)32/h9-11,16-18,22H,12-15H2,1-8H3,(H2,26,27,33)/t17-,18+,22-/m0/s1. The number of amides is 4. The Balaban J connectivity index is 2.42. The van der Waals surface area contributed by atoms with E-state index in [0.717, 1.165) is 0 Å². The summed E-state index contributed by atoms with van der Waals surface area (Å²) in [5, 5.41) is 5.54. The molecule has 3 atom stereocenters. The van der Waals surface area contributed by atoms with E-state index in [1.165, 1.54) is 0 Å². The van der Waals surface area contributed by atoms with Crippen LogP contribution in [0, 0.1) is 5.92 Å². The van der Waals surface area contributed by atoms with E-state index in [1.54, 1.807) is 37.3 Å². The van der Waals surface area contributed by atoms with Gasteiger partial charge in [-0.25, -0.2) is 4.79 Å². The Bertz CT molecular complexity index is 891. The van der Waals surface area contributed by atoms with Gasteiger partial charge in [-0.2, -0.15) is 0 Å². The number of urea groups is 1. The molecule has 0 bridgehead atoms. The van der Waals surface area contributed by atoms with Crippen molar-refractivity contribution < 1.29 is 23.9 Å². The third kappa shape index (κ3) is 8.10. The van der Waals surface area contributed by atoms with Crippen molar-refractivity contribution in [1.82, 2.24) is 20.0 Å². The lowest BCUT2D eigenvalue weighted by molar-refractivity contribution is -0.136. The van der Waals surface area contributed by atoms with Crippen molar-refractivity contribution in [3.05, 3.63) is 23.8 Å². The van der Waals surface area contributed by atoms with Crippen molar-refractivity contribution in [1.29, 1.82) is 0 Å². The molecule has 0 fully saturated rings. The number of nitrogens with zero attached hydrogens (tertiary/aromatic N) is 3. The van der Waals surface area contributed by atoms with Gasteiger partial charge in [0.15, 0.2) is 0 Å². The van der Waals surface area contributed by atoms with Crippen LogP contribution < -0.4 is 15.4 Å². The van der Waals surface area contributed by atoms with Crippen molar-refractivity contribution >= 4 is 23.5 Å². The second-order valence-corrected chi connectivity index (χ2v) is 9.85. The first-order valence-electron chi connectivity index (χ1n) is 12.0. The summed E-state index contributed by atoms with van der Waals surface area (Å²) in [7, 11) is 7.06. The number of carbonyl (C=O) groups is 3. The van der Waals surface area contributed by atoms with Crippen LogP contribution in [-0.4, -0.2) is 105 Å². The van der Waals surface area contributed by atoms with Gasteiger partial charge in [0.1, 0.15) is 12.4 Å². The number of fused-ring (bicyclic) bond motifs is 1. The third-order valence-corrected chi connectivity index (χ3v) is 5.90. The number of ether oxygens (including phenoxy) is 2. The highest BCUT2D eigenvalue weighted by molar-refractivity contribution is 5.98. The number of anilines is 1. The molecule has 1 heterocycles. The van der Waals surface area contributed by atoms with Crippen LogP contribution in [0.2, 0.25) is 0 Å². The second kappa shape index (κ2) is 12.7. The Labute approximate surface area is 208 Å². The molecule has 35 heavy (non-hydrogen) atoms. The summed E-state index contributed by atoms with van der Waals surface area (Å²) >= 11 is 0. The minimum absolute atomic E-state index is 0.00436. The SMILES string of the molecule is CO[C@H]1CN(C)C(=O)c2ccc(NC(=O)NC(C)C)cc2OC[C@@H](C)N(C(=O)CN(C)C)C[C@@H]1C. The summed E-state index contributed by atoms with van der Waals surface area (Å²) in [6.07, 6.45) is -0.254. The molecular weight excluding hydrogens is 450 g/mol. The molecule has 0 aromatic heterocycles. The normalized spacial score (nSPS) is 21.7. The Hall–Kier alpha value is -2.85. The van der Waals surface area contributed by atoms with Crippen LogP contribution in [0.15, 0.2) is 18.2 Å². The monoisotopic (exact) mass is 491 g/mol. The van der Waals surface area contributed by atoms with Crippen LogP contribution in [0.3, 0.4) is 0 Å². The zero-order chi connectivity index (χ0) is 26.3. The molecule has 0 saturated heterocycles. The molecule has 196 valence electrons. The molecule has 2 rings (SSSR count). The zero-order valence-electron chi connectivity index (χ0n) is 22.3. The Kier molecular flexibility index (Phi) is 10.3. The maximum atomic E-state index is 13.3. The Morgan fingerprint density at radius 2 is 1.91 bits per heavy atom. The largest absolute Gasteiger partial charge is 0.491 e. The highest BCUT2D eigenvalue weighted by Crippen LogP contribution is 2.27. The molecule has 1 aliphatic rings. The van der Waals surface area contributed by atoms with Crippen molar-refractivity contribution in [2.75, 3.05) is 59.8 Å². The topological polar surface area (TPSA) is 103 Å². The maximum Gasteiger partial charge on any atom is 0.319 e. The van der Waals surface area contributed by atoms with Crippen LogP contribution in [0.1, 0.15) is 38.1 Å². The van der Waals surface area contributed by atoms with Crippen LogP contribution in [0.5, 0.6) is 5.75 Å². The molecule has 1 aliphatic heterocycles. The minimum Gasteiger partial charge on any atom is -0.491 e. The predicted molar refractivity (Wildman–Crippen MR) is 136 cm³/mol. The molecule has 0 saturated carbocycles. The Morgan fingerprint density at radius 3 is 2.51 bits per heavy atom. The lowest BCUT2D eigenvalue weighted by atomic mass is 10.0. The summed E-state index contributed by atoms with van der Waals surface area (Å²) in [6.45, 7) is 9.00. The Morgan fingerprint density at radius 1 is 1.23 bits per heavy atom. The first-order valence-corrected chi connectivity index (χ1v) is 12.0. The van der Waals surface area contributed by atoms with Gasteiger partial charge in [0.25, 0.3) is 5.91 Å². The molecule has 10 heteroatoms. The fourth-order valence-corrected chi connectivity index (χ4v) is 3.99.